The van der Waals surface area contributed by atoms with Crippen LogP contribution < -0.4 is 0 Å². The van der Waals surface area contributed by atoms with Gasteiger partial charge in [-0.2, -0.15) is 5.06 Å². The van der Waals surface area contributed by atoms with Gasteiger partial charge in [0.2, 0.25) is 6.23 Å². The number of carbonyl (C=O) groups excluding carboxylic acids is 2. The minimum absolute atomic E-state index is 0.289. The van der Waals surface area contributed by atoms with Gasteiger partial charge in [0, 0.05) is 25.9 Å². The first-order valence-corrected chi connectivity index (χ1v) is 5.37. The van der Waals surface area contributed by atoms with Gasteiger partial charge >= 0.3 is 12.0 Å². The van der Waals surface area contributed by atoms with Gasteiger partial charge in [-0.25, -0.2) is 4.79 Å². The number of rotatable bonds is 1. The van der Waals surface area contributed by atoms with Crippen LogP contribution in [-0.2, 0) is 9.53 Å². The molecule has 90 valence electrons. The highest BCUT2D eigenvalue weighted by Gasteiger charge is 2.55. The van der Waals surface area contributed by atoms with Crippen molar-refractivity contribution < 1.29 is 19.5 Å². The van der Waals surface area contributed by atoms with Gasteiger partial charge in [-0.05, 0) is 12.8 Å². The van der Waals surface area contributed by atoms with Gasteiger partial charge in [0.05, 0.1) is 0 Å². The van der Waals surface area contributed by atoms with Crippen molar-refractivity contribution in [3.05, 3.63) is 0 Å². The summed E-state index contributed by atoms with van der Waals surface area (Å²) < 4.78 is 5.07. The minimum atomic E-state index is -0.831. The number of urea groups is 1. The molecule has 1 atom stereocenters. The Bertz CT molecular complexity index is 327. The average Bonchev–Trinajstić information content (AvgIpc) is 2.16. The molecule has 0 aromatic rings. The lowest BCUT2D eigenvalue weighted by Gasteiger charge is -2.53. The van der Waals surface area contributed by atoms with Crippen molar-refractivity contribution in [2.75, 3.05) is 13.6 Å². The lowest BCUT2D eigenvalue weighted by molar-refractivity contribution is -0.256. The summed E-state index contributed by atoms with van der Waals surface area (Å²) in [6.45, 7) is 1.81. The van der Waals surface area contributed by atoms with Crippen molar-refractivity contribution in [2.24, 2.45) is 5.41 Å². The molecule has 1 heterocycles. The molecule has 0 bridgehead atoms. The maximum atomic E-state index is 11.6. The molecule has 0 aromatic heterocycles. The van der Waals surface area contributed by atoms with Crippen molar-refractivity contribution in [3.8, 4) is 0 Å². The third-order valence-electron chi connectivity index (χ3n) is 3.45. The zero-order valence-electron chi connectivity index (χ0n) is 9.47. The molecule has 2 fully saturated rings. The number of carbonyl (C=O) groups is 2. The molecule has 0 radical (unpaired) electrons. The molecule has 2 amide bonds. The summed E-state index contributed by atoms with van der Waals surface area (Å²) in [5, 5.41) is 10.3. The van der Waals surface area contributed by atoms with Gasteiger partial charge in [-0.1, -0.05) is 6.42 Å². The molecule has 6 nitrogen and oxygen atoms in total. The molecule has 1 saturated heterocycles. The second-order valence-corrected chi connectivity index (χ2v) is 4.66. The Morgan fingerprint density at radius 1 is 1.56 bits per heavy atom. The van der Waals surface area contributed by atoms with E-state index in [1.807, 2.05) is 0 Å². The lowest BCUT2D eigenvalue weighted by Crippen LogP contribution is -2.65. The van der Waals surface area contributed by atoms with E-state index in [0.717, 1.165) is 19.3 Å². The Balaban J connectivity index is 2.22. The molecule has 1 aliphatic heterocycles. The second kappa shape index (κ2) is 3.62. The van der Waals surface area contributed by atoms with Gasteiger partial charge in [-0.3, -0.25) is 10.0 Å². The molecule has 1 saturated carbocycles. The molecule has 6 heteroatoms. The van der Waals surface area contributed by atoms with E-state index in [0.29, 0.717) is 11.6 Å². The number of hydrogen-bond acceptors (Lipinski definition) is 4. The minimum Gasteiger partial charge on any atom is -0.439 e. The molecule has 1 spiro atoms. The third kappa shape index (κ3) is 1.53. The van der Waals surface area contributed by atoms with E-state index in [4.69, 9.17) is 4.74 Å². The number of amides is 2. The number of ether oxygens (including phenoxy) is 1. The normalized spacial score (nSPS) is 27.9. The summed E-state index contributed by atoms with van der Waals surface area (Å²) in [5.41, 5.74) is -0.289. The molecule has 2 rings (SSSR count). The summed E-state index contributed by atoms with van der Waals surface area (Å²) in [5.74, 6) is -0.479. The van der Waals surface area contributed by atoms with E-state index in [2.05, 4.69) is 0 Å². The smallest absolute Gasteiger partial charge is 0.346 e. The van der Waals surface area contributed by atoms with Gasteiger partial charge in [0.1, 0.15) is 0 Å². The Kier molecular flexibility index (Phi) is 2.53. The highest BCUT2D eigenvalue weighted by Crippen LogP contribution is 2.48. The van der Waals surface area contributed by atoms with Crippen molar-refractivity contribution >= 4 is 12.0 Å². The number of hydrogen-bond donors (Lipinski definition) is 1. The summed E-state index contributed by atoms with van der Waals surface area (Å²) in [6, 6.07) is -0.524. The number of esters is 1. The Labute approximate surface area is 93.7 Å². The van der Waals surface area contributed by atoms with Crippen LogP contribution in [0, 0.1) is 5.41 Å². The van der Waals surface area contributed by atoms with Gasteiger partial charge in [0.25, 0.3) is 0 Å². The van der Waals surface area contributed by atoms with Gasteiger partial charge < -0.3 is 9.64 Å². The Morgan fingerprint density at radius 3 is 2.62 bits per heavy atom. The number of nitrogens with zero attached hydrogens (tertiary/aromatic N) is 2. The molecular weight excluding hydrogens is 212 g/mol. The standard InChI is InChI=1S/C10H16N2O4/c1-7(13)16-8-10(4-3-5-10)6-11(2)9(14)12(8)15/h8,15H,3-6H2,1-2H3. The van der Waals surface area contributed by atoms with E-state index in [9.17, 15) is 14.8 Å². The van der Waals surface area contributed by atoms with E-state index >= 15 is 0 Å². The molecule has 0 aromatic carbocycles. The van der Waals surface area contributed by atoms with Crippen LogP contribution >= 0.6 is 0 Å². The summed E-state index contributed by atoms with van der Waals surface area (Å²) in [6.07, 6.45) is 1.93. The number of hydroxylamine groups is 2. The fourth-order valence-corrected chi connectivity index (χ4v) is 2.52. The van der Waals surface area contributed by atoms with Crippen LogP contribution in [0.1, 0.15) is 26.2 Å². The summed E-state index contributed by atoms with van der Waals surface area (Å²) in [4.78, 5) is 24.0. The highest BCUT2D eigenvalue weighted by atomic mass is 16.6. The highest BCUT2D eigenvalue weighted by molar-refractivity contribution is 5.75. The zero-order valence-corrected chi connectivity index (χ0v) is 9.47. The predicted octanol–water partition coefficient (Wildman–Crippen LogP) is 0.802. The van der Waals surface area contributed by atoms with Crippen LogP contribution in [0.5, 0.6) is 0 Å². The van der Waals surface area contributed by atoms with Crippen LogP contribution in [0.25, 0.3) is 0 Å². The van der Waals surface area contributed by atoms with Crippen molar-refractivity contribution in [1.29, 1.82) is 0 Å². The van der Waals surface area contributed by atoms with Crippen LogP contribution in [0.15, 0.2) is 0 Å². The van der Waals surface area contributed by atoms with E-state index < -0.39 is 18.2 Å². The summed E-state index contributed by atoms with van der Waals surface area (Å²) >= 11 is 0. The quantitative estimate of drug-likeness (QED) is 0.532. The Hall–Kier alpha value is -1.30. The fourth-order valence-electron chi connectivity index (χ4n) is 2.52. The topological polar surface area (TPSA) is 70.1 Å². The second-order valence-electron chi connectivity index (χ2n) is 4.66. The monoisotopic (exact) mass is 228 g/mol. The van der Waals surface area contributed by atoms with Gasteiger partial charge in [-0.15, -0.1) is 0 Å². The van der Waals surface area contributed by atoms with Crippen LogP contribution in [0.4, 0.5) is 4.79 Å². The van der Waals surface area contributed by atoms with Crippen LogP contribution in [-0.4, -0.2) is 47.0 Å². The molecule has 16 heavy (non-hydrogen) atoms. The fraction of sp³-hybridized carbons (Fsp3) is 0.800. The molecule has 1 N–H and O–H groups in total. The average molecular weight is 228 g/mol. The molecule has 2 aliphatic rings. The first kappa shape index (κ1) is 11.2. The maximum Gasteiger partial charge on any atom is 0.346 e. The van der Waals surface area contributed by atoms with Gasteiger partial charge in [0.15, 0.2) is 0 Å². The predicted molar refractivity (Wildman–Crippen MR) is 53.5 cm³/mol. The lowest BCUT2D eigenvalue weighted by atomic mass is 9.66. The first-order valence-electron chi connectivity index (χ1n) is 5.37. The maximum absolute atomic E-state index is 11.6. The van der Waals surface area contributed by atoms with Crippen molar-refractivity contribution in [2.45, 2.75) is 32.4 Å². The van der Waals surface area contributed by atoms with Crippen LogP contribution in [0.2, 0.25) is 0 Å². The Morgan fingerprint density at radius 2 is 2.19 bits per heavy atom. The van der Waals surface area contributed by atoms with Crippen LogP contribution in [0.3, 0.4) is 0 Å². The van der Waals surface area contributed by atoms with E-state index in [1.54, 1.807) is 7.05 Å². The first-order chi connectivity index (χ1) is 7.46. The molecular formula is C10H16N2O4. The largest absolute Gasteiger partial charge is 0.439 e. The molecule has 1 unspecified atom stereocenters. The van der Waals surface area contributed by atoms with Crippen molar-refractivity contribution in [3.63, 3.8) is 0 Å². The van der Waals surface area contributed by atoms with Crippen molar-refractivity contribution in [1.82, 2.24) is 9.96 Å². The third-order valence-corrected chi connectivity index (χ3v) is 3.45. The molecule has 1 aliphatic carbocycles. The zero-order chi connectivity index (χ0) is 11.9. The summed E-state index contributed by atoms with van der Waals surface area (Å²) in [7, 11) is 1.63. The van der Waals surface area contributed by atoms with E-state index in [1.165, 1.54) is 11.8 Å². The van der Waals surface area contributed by atoms with E-state index in [-0.39, 0.29) is 5.41 Å². The SMILES string of the molecule is CC(=O)OC1N(O)C(=O)N(C)CC12CCC2.